The van der Waals surface area contributed by atoms with Crippen LogP contribution in [0.4, 0.5) is 5.69 Å². The van der Waals surface area contributed by atoms with E-state index in [9.17, 15) is 8.42 Å². The normalized spacial score (nSPS) is 15.1. The van der Waals surface area contributed by atoms with Gasteiger partial charge in [0.1, 0.15) is 0 Å². The summed E-state index contributed by atoms with van der Waals surface area (Å²) >= 11 is 1.72. The minimum Gasteiger partial charge on any atom is -0.271 e. The molecule has 112 valence electrons. The summed E-state index contributed by atoms with van der Waals surface area (Å²) in [6.07, 6.45) is 3.74. The first kappa shape index (κ1) is 14.5. The van der Waals surface area contributed by atoms with E-state index in [4.69, 9.17) is 0 Å². The highest BCUT2D eigenvalue weighted by Gasteiger charge is 2.26. The largest absolute Gasteiger partial charge is 0.271 e. The Morgan fingerprint density at radius 3 is 2.48 bits per heavy atom. The van der Waals surface area contributed by atoms with Crippen molar-refractivity contribution >= 4 is 27.0 Å². The molecular weight excluding hydrogens is 304 g/mol. The van der Waals surface area contributed by atoms with E-state index in [2.05, 4.69) is 10.4 Å². The lowest BCUT2D eigenvalue weighted by Crippen LogP contribution is -2.29. The van der Waals surface area contributed by atoms with E-state index in [1.165, 1.54) is 28.4 Å². The Hall–Kier alpha value is -1.40. The van der Waals surface area contributed by atoms with Crippen LogP contribution < -0.4 is 4.31 Å². The highest BCUT2D eigenvalue weighted by atomic mass is 32.2. The molecule has 1 aliphatic carbocycles. The lowest BCUT2D eigenvalue weighted by Gasteiger charge is -2.20. The van der Waals surface area contributed by atoms with Gasteiger partial charge in [-0.25, -0.2) is 13.4 Å². The highest BCUT2D eigenvalue weighted by molar-refractivity contribution is 7.92. The fourth-order valence-electron chi connectivity index (χ4n) is 2.35. The summed E-state index contributed by atoms with van der Waals surface area (Å²) in [4.78, 5) is 4.67. The predicted octanol–water partition coefficient (Wildman–Crippen LogP) is 3.47. The predicted molar refractivity (Wildman–Crippen MR) is 87.4 cm³/mol. The number of benzene rings is 1. The Kier molecular flexibility index (Phi) is 3.75. The maximum Gasteiger partial charge on any atom is 0.232 e. The van der Waals surface area contributed by atoms with E-state index >= 15 is 0 Å². The van der Waals surface area contributed by atoms with Crippen molar-refractivity contribution < 1.29 is 8.42 Å². The lowest BCUT2D eigenvalue weighted by atomic mass is 10.1. The molecule has 0 atom stereocenters. The average Bonchev–Trinajstić information content (AvgIpc) is 3.17. The molecule has 0 radical (unpaired) electrons. The minimum absolute atomic E-state index is 0.431. The number of anilines is 1. The second-order valence-corrected chi connectivity index (χ2v) is 8.12. The lowest BCUT2D eigenvalue weighted by molar-refractivity contribution is 0.598. The Balaban J connectivity index is 1.85. The third-order valence-corrected chi connectivity index (χ3v) is 5.86. The number of thiazole rings is 1. The van der Waals surface area contributed by atoms with Gasteiger partial charge in [-0.1, -0.05) is 12.1 Å². The summed E-state index contributed by atoms with van der Waals surface area (Å²) in [6.45, 7) is 2.26. The summed E-state index contributed by atoms with van der Waals surface area (Å²) in [5.74, 6) is 0.670. The first-order valence-corrected chi connectivity index (χ1v) is 9.75. The van der Waals surface area contributed by atoms with Gasteiger partial charge in [-0.15, -0.1) is 11.3 Å². The SMILES string of the molecule is CCN(c1ccc(-c2csc(C3CC3)n2)cc1)S(C)(=O)=O. The van der Waals surface area contributed by atoms with Gasteiger partial charge in [0, 0.05) is 23.4 Å². The number of rotatable bonds is 5. The van der Waals surface area contributed by atoms with Crippen molar-refractivity contribution in [2.45, 2.75) is 25.7 Å². The fraction of sp³-hybridized carbons (Fsp3) is 0.400. The molecule has 2 aromatic rings. The highest BCUT2D eigenvalue weighted by Crippen LogP contribution is 2.42. The molecule has 3 rings (SSSR count). The van der Waals surface area contributed by atoms with Crippen LogP contribution in [-0.4, -0.2) is 26.2 Å². The van der Waals surface area contributed by atoms with Gasteiger partial charge in [0.05, 0.1) is 22.6 Å². The van der Waals surface area contributed by atoms with E-state index in [1.807, 2.05) is 31.2 Å². The van der Waals surface area contributed by atoms with E-state index < -0.39 is 10.0 Å². The zero-order valence-electron chi connectivity index (χ0n) is 12.1. The summed E-state index contributed by atoms with van der Waals surface area (Å²) in [5, 5.41) is 3.30. The maximum absolute atomic E-state index is 11.7. The molecule has 1 aliphatic rings. The first-order valence-electron chi connectivity index (χ1n) is 7.02. The zero-order chi connectivity index (χ0) is 15.0. The van der Waals surface area contributed by atoms with Crippen LogP contribution in [0.1, 0.15) is 30.7 Å². The summed E-state index contributed by atoms with van der Waals surface area (Å²) < 4.78 is 24.8. The van der Waals surface area contributed by atoms with Gasteiger partial charge >= 0.3 is 0 Å². The van der Waals surface area contributed by atoms with Crippen LogP contribution in [0.25, 0.3) is 11.3 Å². The van der Waals surface area contributed by atoms with Gasteiger partial charge in [-0.05, 0) is 31.9 Å². The number of hydrogen-bond acceptors (Lipinski definition) is 4. The van der Waals surface area contributed by atoms with Crippen molar-refractivity contribution in [3.63, 3.8) is 0 Å². The number of aromatic nitrogens is 1. The van der Waals surface area contributed by atoms with Crippen LogP contribution in [0.2, 0.25) is 0 Å². The molecule has 1 aromatic carbocycles. The van der Waals surface area contributed by atoms with E-state index in [0.717, 1.165) is 11.3 Å². The van der Waals surface area contributed by atoms with E-state index in [1.54, 1.807) is 11.3 Å². The fourth-order valence-corrected chi connectivity index (χ4v) is 4.32. The number of nitrogens with zero attached hydrogens (tertiary/aromatic N) is 2. The monoisotopic (exact) mass is 322 g/mol. The van der Waals surface area contributed by atoms with Crippen molar-refractivity contribution in [3.05, 3.63) is 34.7 Å². The van der Waals surface area contributed by atoms with Crippen LogP contribution in [0.15, 0.2) is 29.6 Å². The number of sulfonamides is 1. The Bertz CT molecular complexity index is 731. The number of hydrogen-bond donors (Lipinski definition) is 0. The molecule has 0 saturated heterocycles. The molecule has 6 heteroatoms. The smallest absolute Gasteiger partial charge is 0.232 e. The summed E-state index contributed by atoms with van der Waals surface area (Å²) in [5.41, 5.74) is 2.71. The quantitative estimate of drug-likeness (QED) is 0.847. The van der Waals surface area contributed by atoms with Crippen molar-refractivity contribution in [1.82, 2.24) is 4.98 Å². The van der Waals surface area contributed by atoms with Crippen molar-refractivity contribution in [1.29, 1.82) is 0 Å². The van der Waals surface area contributed by atoms with Gasteiger partial charge < -0.3 is 0 Å². The zero-order valence-corrected chi connectivity index (χ0v) is 13.7. The van der Waals surface area contributed by atoms with Gasteiger partial charge in [-0.3, -0.25) is 4.31 Å². The Morgan fingerprint density at radius 1 is 1.29 bits per heavy atom. The molecule has 0 N–H and O–H groups in total. The Labute approximate surface area is 129 Å². The van der Waals surface area contributed by atoms with Crippen LogP contribution in [-0.2, 0) is 10.0 Å². The molecule has 0 spiro atoms. The topological polar surface area (TPSA) is 50.3 Å². The molecule has 0 amide bonds. The van der Waals surface area contributed by atoms with E-state index in [0.29, 0.717) is 18.2 Å². The molecule has 0 unspecified atom stereocenters. The standard InChI is InChI=1S/C15H18N2O2S2/c1-3-17(21(2,18)19)13-8-6-11(7-9-13)14-10-20-15(16-14)12-4-5-12/h6-10,12H,3-5H2,1-2H3. The van der Waals surface area contributed by atoms with Crippen molar-refractivity contribution in [2.24, 2.45) is 0 Å². The van der Waals surface area contributed by atoms with Crippen molar-refractivity contribution in [2.75, 3.05) is 17.1 Å². The van der Waals surface area contributed by atoms with Gasteiger partial charge in [-0.2, -0.15) is 0 Å². The molecule has 21 heavy (non-hydrogen) atoms. The van der Waals surface area contributed by atoms with E-state index in [-0.39, 0.29) is 0 Å². The Morgan fingerprint density at radius 2 is 1.95 bits per heavy atom. The molecule has 1 aromatic heterocycles. The van der Waals surface area contributed by atoms with Gasteiger partial charge in [0.15, 0.2) is 0 Å². The summed E-state index contributed by atoms with van der Waals surface area (Å²) in [6, 6.07) is 7.57. The van der Waals surface area contributed by atoms with Crippen LogP contribution in [0.3, 0.4) is 0 Å². The van der Waals surface area contributed by atoms with Gasteiger partial charge in [0.2, 0.25) is 10.0 Å². The second kappa shape index (κ2) is 5.42. The average molecular weight is 322 g/mol. The first-order chi connectivity index (χ1) is 9.99. The maximum atomic E-state index is 11.7. The minimum atomic E-state index is -3.22. The third-order valence-electron chi connectivity index (χ3n) is 3.59. The van der Waals surface area contributed by atoms with Crippen LogP contribution in [0.5, 0.6) is 0 Å². The molecule has 4 nitrogen and oxygen atoms in total. The summed E-state index contributed by atoms with van der Waals surface area (Å²) in [7, 11) is -3.22. The van der Waals surface area contributed by atoms with Crippen molar-refractivity contribution in [3.8, 4) is 11.3 Å². The van der Waals surface area contributed by atoms with Crippen LogP contribution in [0, 0.1) is 0 Å². The molecule has 1 fully saturated rings. The van der Waals surface area contributed by atoms with Crippen LogP contribution >= 0.6 is 11.3 Å². The van der Waals surface area contributed by atoms with Gasteiger partial charge in [0.25, 0.3) is 0 Å². The molecule has 1 heterocycles. The third kappa shape index (κ3) is 3.11. The molecule has 1 saturated carbocycles. The molecule has 0 aliphatic heterocycles. The second-order valence-electron chi connectivity index (χ2n) is 5.32. The molecule has 0 bridgehead atoms. The molecular formula is C15H18N2O2S2.